The van der Waals surface area contributed by atoms with E-state index in [4.69, 9.17) is 9.47 Å². The number of benzene rings is 2. The highest BCUT2D eigenvalue weighted by Gasteiger charge is 2.47. The van der Waals surface area contributed by atoms with Crippen LogP contribution in [0.1, 0.15) is 20.8 Å². The lowest BCUT2D eigenvalue weighted by atomic mass is 9.95. The molecule has 5 heteroatoms. The van der Waals surface area contributed by atoms with Crippen LogP contribution in [0.15, 0.2) is 70.1 Å². The first kappa shape index (κ1) is 16.9. The van der Waals surface area contributed by atoms with Crippen LogP contribution in [0.25, 0.3) is 11.1 Å². The number of Topliss-reactive ketones (excluding diaryl/α,β-unsaturated/α-hetero) is 1. The molecule has 26 heavy (non-hydrogen) atoms. The number of carbonyl (C=O) groups is 1. The lowest BCUT2D eigenvalue weighted by Crippen LogP contribution is -2.45. The molecular weight excluding hydrogens is 394 g/mol. The smallest absolute Gasteiger partial charge is 0.237 e. The van der Waals surface area contributed by atoms with Gasteiger partial charge in [-0.1, -0.05) is 30.3 Å². The number of carbonyl (C=O) groups excluding carboxylic acids is 1. The van der Waals surface area contributed by atoms with Crippen LogP contribution in [0, 0.1) is 0 Å². The monoisotopic (exact) mass is 411 g/mol. The van der Waals surface area contributed by atoms with Crippen molar-refractivity contribution >= 4 is 27.4 Å². The summed E-state index contributed by atoms with van der Waals surface area (Å²) in [4.78, 5) is 12.3. The topological polar surface area (TPSA) is 47.6 Å². The normalized spacial score (nSPS) is 20.8. The van der Waals surface area contributed by atoms with Gasteiger partial charge in [0.05, 0.1) is 10.2 Å². The molecule has 2 aliphatic heterocycles. The second kappa shape index (κ2) is 6.02. The summed E-state index contributed by atoms with van der Waals surface area (Å²) in [7, 11) is 0. The number of fused-ring (bicyclic) bond motifs is 1. The van der Waals surface area contributed by atoms with Crippen molar-refractivity contribution in [3.63, 3.8) is 0 Å². The Hall–Kier alpha value is -2.53. The van der Waals surface area contributed by atoms with E-state index in [1.807, 2.05) is 43.3 Å². The summed E-state index contributed by atoms with van der Waals surface area (Å²) in [6.07, 6.45) is 1.81. The number of ketones is 1. The van der Waals surface area contributed by atoms with Crippen LogP contribution in [0.5, 0.6) is 5.75 Å². The minimum atomic E-state index is -1.04. The maximum Gasteiger partial charge on any atom is 0.237 e. The van der Waals surface area contributed by atoms with Gasteiger partial charge < -0.3 is 14.8 Å². The number of halogens is 1. The van der Waals surface area contributed by atoms with Gasteiger partial charge in [-0.3, -0.25) is 4.79 Å². The van der Waals surface area contributed by atoms with Gasteiger partial charge in [-0.05, 0) is 60.0 Å². The van der Waals surface area contributed by atoms with E-state index in [0.717, 1.165) is 21.3 Å². The molecule has 0 radical (unpaired) electrons. The zero-order chi connectivity index (χ0) is 18.5. The molecule has 1 N–H and O–H groups in total. The van der Waals surface area contributed by atoms with Crippen molar-refractivity contribution in [1.82, 2.24) is 0 Å². The van der Waals surface area contributed by atoms with E-state index in [1.54, 1.807) is 6.92 Å². The fourth-order valence-corrected chi connectivity index (χ4v) is 4.15. The van der Waals surface area contributed by atoms with Gasteiger partial charge in [-0.15, -0.1) is 0 Å². The van der Waals surface area contributed by atoms with Crippen molar-refractivity contribution in [3.8, 4) is 16.9 Å². The van der Waals surface area contributed by atoms with E-state index in [-0.39, 0.29) is 5.78 Å². The molecule has 132 valence electrons. The van der Waals surface area contributed by atoms with Crippen LogP contribution in [0.2, 0.25) is 0 Å². The van der Waals surface area contributed by atoms with Gasteiger partial charge in [0.25, 0.3) is 0 Å². The van der Waals surface area contributed by atoms with Crippen LogP contribution >= 0.6 is 15.9 Å². The van der Waals surface area contributed by atoms with E-state index < -0.39 is 5.72 Å². The molecule has 0 saturated carbocycles. The molecule has 0 fully saturated rings. The molecule has 4 nitrogen and oxygen atoms in total. The summed E-state index contributed by atoms with van der Waals surface area (Å²) in [6.45, 7) is 5.16. The number of allylic oxidation sites excluding steroid dienone is 2. The van der Waals surface area contributed by atoms with Crippen LogP contribution in [-0.4, -0.2) is 11.5 Å². The Morgan fingerprint density at radius 2 is 1.85 bits per heavy atom. The summed E-state index contributed by atoms with van der Waals surface area (Å²) in [5, 5.41) is 3.41. The molecular formula is C21H18BrNO3. The summed E-state index contributed by atoms with van der Waals surface area (Å²) in [5.74, 6) is 1.83. The number of hydrogen-bond donors (Lipinski definition) is 1. The second-order valence-electron chi connectivity index (χ2n) is 6.51. The fourth-order valence-electron chi connectivity index (χ4n) is 3.60. The van der Waals surface area contributed by atoms with Crippen molar-refractivity contribution in [3.05, 3.63) is 70.1 Å². The Balaban J connectivity index is 1.83. The molecule has 1 unspecified atom stereocenters. The lowest BCUT2D eigenvalue weighted by molar-refractivity contribution is -0.115. The molecule has 2 aliphatic rings. The number of anilines is 1. The summed E-state index contributed by atoms with van der Waals surface area (Å²) >= 11 is 3.61. The Kier molecular flexibility index (Phi) is 3.92. The molecule has 0 saturated heterocycles. The van der Waals surface area contributed by atoms with Crippen molar-refractivity contribution in [2.24, 2.45) is 0 Å². The van der Waals surface area contributed by atoms with Gasteiger partial charge in [0.1, 0.15) is 17.1 Å². The number of hydrogen-bond acceptors (Lipinski definition) is 4. The predicted octanol–water partition coefficient (Wildman–Crippen LogP) is 5.41. The minimum absolute atomic E-state index is 0.0917. The molecule has 4 rings (SSSR count). The molecule has 0 amide bonds. The SMILES string of the molecule is CC(=O)C1=C(C)OC(C)=CC12Nc1cc(-c3ccccc3)cc(Br)c1O2. The number of rotatable bonds is 2. The first-order valence-electron chi connectivity index (χ1n) is 8.35. The quantitative estimate of drug-likeness (QED) is 0.716. The van der Waals surface area contributed by atoms with Crippen molar-refractivity contribution < 1.29 is 14.3 Å². The molecule has 1 spiro atoms. The first-order chi connectivity index (χ1) is 12.4. The van der Waals surface area contributed by atoms with E-state index in [1.165, 1.54) is 6.92 Å². The lowest BCUT2D eigenvalue weighted by Gasteiger charge is -2.32. The highest BCUT2D eigenvalue weighted by Crippen LogP contribution is 2.49. The average molecular weight is 412 g/mol. The minimum Gasteiger partial charge on any atom is -0.466 e. The Labute approximate surface area is 160 Å². The Morgan fingerprint density at radius 1 is 1.12 bits per heavy atom. The standard InChI is InChI=1S/C21H18BrNO3/c1-12-11-21(19(13(2)24)14(3)25-12)23-18-10-16(9-17(22)20(18)26-21)15-7-5-4-6-8-15/h4-11,23H,1-3H3. The van der Waals surface area contributed by atoms with Gasteiger partial charge in [0.2, 0.25) is 5.72 Å². The fraction of sp³-hybridized carbons (Fsp3) is 0.190. The zero-order valence-electron chi connectivity index (χ0n) is 14.7. The molecule has 2 aromatic carbocycles. The van der Waals surface area contributed by atoms with Gasteiger partial charge >= 0.3 is 0 Å². The van der Waals surface area contributed by atoms with Crippen LogP contribution in [-0.2, 0) is 9.53 Å². The van der Waals surface area contributed by atoms with E-state index in [2.05, 4.69) is 33.4 Å². The van der Waals surface area contributed by atoms with Gasteiger partial charge in [-0.25, -0.2) is 0 Å². The molecule has 1 atom stereocenters. The van der Waals surface area contributed by atoms with Crippen LogP contribution < -0.4 is 10.1 Å². The van der Waals surface area contributed by atoms with E-state index in [0.29, 0.717) is 22.8 Å². The van der Waals surface area contributed by atoms with Gasteiger partial charge in [0, 0.05) is 6.08 Å². The molecule has 0 bridgehead atoms. The van der Waals surface area contributed by atoms with Crippen molar-refractivity contribution in [1.29, 1.82) is 0 Å². The predicted molar refractivity (Wildman–Crippen MR) is 105 cm³/mol. The highest BCUT2D eigenvalue weighted by molar-refractivity contribution is 9.10. The molecule has 2 heterocycles. The maximum absolute atomic E-state index is 12.3. The largest absolute Gasteiger partial charge is 0.466 e. The maximum atomic E-state index is 12.3. The molecule has 0 aliphatic carbocycles. The summed E-state index contributed by atoms with van der Waals surface area (Å²) < 4.78 is 12.8. The van der Waals surface area contributed by atoms with Crippen molar-refractivity contribution in [2.45, 2.75) is 26.5 Å². The molecule has 0 aromatic heterocycles. The third kappa shape index (κ3) is 2.63. The van der Waals surface area contributed by atoms with Crippen molar-refractivity contribution in [2.75, 3.05) is 5.32 Å². The van der Waals surface area contributed by atoms with Gasteiger partial charge in [-0.2, -0.15) is 0 Å². The average Bonchev–Trinajstić information content (AvgIpc) is 2.92. The van der Waals surface area contributed by atoms with Crippen LogP contribution in [0.4, 0.5) is 5.69 Å². The van der Waals surface area contributed by atoms with E-state index >= 15 is 0 Å². The third-order valence-corrected chi connectivity index (χ3v) is 5.12. The summed E-state index contributed by atoms with van der Waals surface area (Å²) in [5.41, 5.74) is 2.43. The van der Waals surface area contributed by atoms with E-state index in [9.17, 15) is 4.79 Å². The molecule has 2 aromatic rings. The van der Waals surface area contributed by atoms with Gasteiger partial charge in [0.15, 0.2) is 11.5 Å². The van der Waals surface area contributed by atoms with Crippen LogP contribution in [0.3, 0.4) is 0 Å². The number of ether oxygens (including phenoxy) is 2. The Bertz CT molecular complexity index is 978. The Morgan fingerprint density at radius 3 is 2.54 bits per heavy atom. The highest BCUT2D eigenvalue weighted by atomic mass is 79.9. The second-order valence-corrected chi connectivity index (χ2v) is 7.36. The zero-order valence-corrected chi connectivity index (χ0v) is 16.3. The first-order valence-corrected chi connectivity index (χ1v) is 9.15. The third-order valence-electron chi connectivity index (χ3n) is 4.53. The summed E-state index contributed by atoms with van der Waals surface area (Å²) in [6, 6.07) is 14.2. The number of nitrogens with one attached hydrogen (secondary N) is 1.